The molecule has 15 heteroatoms. The number of anilines is 2. The van der Waals surface area contributed by atoms with Crippen molar-refractivity contribution in [1.82, 2.24) is 19.6 Å². The molecule has 4 aliphatic rings. The van der Waals surface area contributed by atoms with Gasteiger partial charge in [-0.25, -0.2) is 4.68 Å². The van der Waals surface area contributed by atoms with E-state index in [1.807, 2.05) is 60.7 Å². The molecule has 8 nitrogen and oxygen atoms in total. The van der Waals surface area contributed by atoms with E-state index in [9.17, 15) is 40.3 Å². The number of nitrogens with zero attached hydrogens (tertiary/aromatic N) is 4. The maximum atomic E-state index is 14.2. The first kappa shape index (κ1) is 39.2. The molecule has 0 spiro atoms. The summed E-state index contributed by atoms with van der Waals surface area (Å²) in [6.45, 7) is 0.363. The Hall–Kier alpha value is -4.69. The van der Waals surface area contributed by atoms with Gasteiger partial charge in [-0.2, -0.15) is 40.9 Å². The lowest BCUT2D eigenvalue weighted by Gasteiger charge is -2.43. The number of hydrogen-bond donors (Lipinski definition) is 2. The zero-order chi connectivity index (χ0) is 40.3. The van der Waals surface area contributed by atoms with Crippen molar-refractivity contribution in [1.29, 1.82) is 0 Å². The van der Waals surface area contributed by atoms with E-state index in [0.29, 0.717) is 49.6 Å². The molecule has 2 aromatic carbocycles. The van der Waals surface area contributed by atoms with Crippen molar-refractivity contribution in [3.63, 3.8) is 0 Å². The van der Waals surface area contributed by atoms with Crippen molar-refractivity contribution < 1.29 is 40.3 Å². The number of rotatable bonds is 14. The van der Waals surface area contributed by atoms with Crippen LogP contribution in [-0.2, 0) is 36.0 Å². The quantitative estimate of drug-likeness (QED) is 0.124. The average molecular weight is 799 g/mol. The van der Waals surface area contributed by atoms with Crippen molar-refractivity contribution in [3.05, 3.63) is 94.3 Å². The number of amides is 2. The number of nitrogens with one attached hydrogen (secondary N) is 2. The minimum atomic E-state index is -4.47. The van der Waals surface area contributed by atoms with Gasteiger partial charge in [0.1, 0.15) is 11.6 Å². The molecule has 304 valence electrons. The van der Waals surface area contributed by atoms with Crippen molar-refractivity contribution in [2.75, 3.05) is 10.6 Å². The number of carbonyl (C=O) groups excluding carboxylic acids is 2. The molecule has 1 atom stereocenters. The van der Waals surface area contributed by atoms with Crippen LogP contribution in [0.4, 0.5) is 42.4 Å². The van der Waals surface area contributed by atoms with Gasteiger partial charge < -0.3 is 10.6 Å². The Morgan fingerprint density at radius 1 is 0.789 bits per heavy atom. The van der Waals surface area contributed by atoms with Crippen LogP contribution in [0.3, 0.4) is 0 Å². The Labute approximate surface area is 325 Å². The molecule has 2 aromatic heterocycles. The summed E-state index contributed by atoms with van der Waals surface area (Å²) < 4.78 is 100. The number of carbonyl (C=O) groups is 2. The highest BCUT2D eigenvalue weighted by molar-refractivity contribution is 5.92. The van der Waals surface area contributed by atoms with Gasteiger partial charge in [-0.05, 0) is 67.4 Å². The highest BCUT2D eigenvalue weighted by Gasteiger charge is 2.71. The molecule has 0 unspecified atom stereocenters. The minimum Gasteiger partial charge on any atom is -0.311 e. The summed E-state index contributed by atoms with van der Waals surface area (Å²) in [6.07, 6.45) is -2.25. The summed E-state index contributed by atoms with van der Waals surface area (Å²) in [5.74, 6) is -10.9. The van der Waals surface area contributed by atoms with Crippen molar-refractivity contribution in [2.24, 2.45) is 24.3 Å². The Morgan fingerprint density at radius 3 is 1.86 bits per heavy atom. The third kappa shape index (κ3) is 7.58. The Morgan fingerprint density at radius 2 is 1.35 bits per heavy atom. The first-order chi connectivity index (χ1) is 27.0. The van der Waals surface area contributed by atoms with Gasteiger partial charge in [-0.3, -0.25) is 14.3 Å². The number of hydrogen-bond acceptors (Lipinski definition) is 4. The molecule has 0 bridgehead atoms. The van der Waals surface area contributed by atoms with Gasteiger partial charge in [0, 0.05) is 62.7 Å². The summed E-state index contributed by atoms with van der Waals surface area (Å²) in [5.41, 5.74) is 3.07. The van der Waals surface area contributed by atoms with Crippen molar-refractivity contribution in [3.8, 4) is 0 Å². The van der Waals surface area contributed by atoms with Crippen LogP contribution in [0.5, 0.6) is 0 Å². The molecule has 0 saturated heterocycles. The molecule has 8 rings (SSSR count). The summed E-state index contributed by atoms with van der Waals surface area (Å²) in [6, 6.07) is 19.3. The highest BCUT2D eigenvalue weighted by Crippen LogP contribution is 2.60. The van der Waals surface area contributed by atoms with Gasteiger partial charge in [-0.1, -0.05) is 67.1 Å². The lowest BCUT2D eigenvalue weighted by atomic mass is 9.70. The van der Waals surface area contributed by atoms with Gasteiger partial charge in [0.15, 0.2) is 0 Å². The monoisotopic (exact) mass is 798 g/mol. The van der Waals surface area contributed by atoms with Gasteiger partial charge >= 0.3 is 18.0 Å². The van der Waals surface area contributed by atoms with E-state index in [0.717, 1.165) is 47.2 Å². The van der Waals surface area contributed by atoms with Crippen LogP contribution in [0.1, 0.15) is 110 Å². The highest BCUT2D eigenvalue weighted by atomic mass is 19.4. The lowest BCUT2D eigenvalue weighted by Crippen LogP contribution is -2.59. The Kier molecular flexibility index (Phi) is 10.0. The third-order valence-corrected chi connectivity index (χ3v) is 12.6. The molecule has 4 fully saturated rings. The number of aryl methyl sites for hydroxylation is 1. The topological polar surface area (TPSA) is 93.8 Å². The average Bonchev–Trinajstić information content (AvgIpc) is 3.77. The normalized spacial score (nSPS) is 23.2. The van der Waals surface area contributed by atoms with Crippen molar-refractivity contribution in [2.45, 2.75) is 113 Å². The molecule has 0 aliphatic heterocycles. The van der Waals surface area contributed by atoms with E-state index >= 15 is 0 Å². The summed E-state index contributed by atoms with van der Waals surface area (Å²) in [5, 5.41) is 15.4. The van der Waals surface area contributed by atoms with Crippen molar-refractivity contribution >= 4 is 23.5 Å². The van der Waals surface area contributed by atoms with Gasteiger partial charge in [0.05, 0.1) is 16.8 Å². The van der Waals surface area contributed by atoms with E-state index in [1.165, 1.54) is 4.68 Å². The maximum absolute atomic E-state index is 14.2. The maximum Gasteiger partial charge on any atom is 0.395 e. The summed E-state index contributed by atoms with van der Waals surface area (Å²) in [4.78, 5) is 26.5. The number of alkyl halides is 7. The second kappa shape index (κ2) is 14.6. The van der Waals surface area contributed by atoms with Gasteiger partial charge in [0.25, 0.3) is 0 Å². The molecule has 57 heavy (non-hydrogen) atoms. The minimum absolute atomic E-state index is 0.0207. The second-order valence-electron chi connectivity index (χ2n) is 16.7. The van der Waals surface area contributed by atoms with E-state index < -0.39 is 60.4 Å². The van der Waals surface area contributed by atoms with Crippen LogP contribution >= 0.6 is 0 Å². The number of halogens is 7. The van der Waals surface area contributed by atoms with E-state index in [-0.39, 0.29) is 30.6 Å². The largest absolute Gasteiger partial charge is 0.395 e. The van der Waals surface area contributed by atoms with Crippen LogP contribution < -0.4 is 10.6 Å². The van der Waals surface area contributed by atoms with Crippen LogP contribution in [0.15, 0.2) is 60.7 Å². The molecule has 4 aromatic rings. The molecule has 2 amide bonds. The number of benzene rings is 2. The molecule has 4 saturated carbocycles. The van der Waals surface area contributed by atoms with Crippen LogP contribution in [0, 0.1) is 17.3 Å². The molecule has 2 N–H and O–H groups in total. The van der Waals surface area contributed by atoms with E-state index in [4.69, 9.17) is 10.2 Å². The van der Waals surface area contributed by atoms with Crippen LogP contribution in [0.25, 0.3) is 0 Å². The smallest absolute Gasteiger partial charge is 0.311 e. The summed E-state index contributed by atoms with van der Waals surface area (Å²) >= 11 is 0. The summed E-state index contributed by atoms with van der Waals surface area (Å²) in [7, 11) is 1.66. The van der Waals surface area contributed by atoms with E-state index in [1.54, 1.807) is 11.7 Å². The zero-order valence-electron chi connectivity index (χ0n) is 31.5. The fourth-order valence-corrected chi connectivity index (χ4v) is 8.84. The fraction of sp³-hybridized carbons (Fsp3) is 0.524. The molecule has 4 aliphatic carbocycles. The second-order valence-corrected chi connectivity index (χ2v) is 16.7. The molecular weight excluding hydrogens is 753 g/mol. The standard InChI is InChI=1S/C42H45F7N6O2/c1-54-37(51-34(57)23-39(15-16-39)42(47,48)49)36(31(52-54)19-25-9-4-2-5-10-25)29-17-27(18-29)24-55-38(50-33(56)21-30-22-40(43,44)41(30,45)46)35(28-13-8-14-28)32(53-55)20-26-11-6-3-7-12-26/h2-7,9-12,27-30H,8,13-24H2,1H3,(H,50,56)(H,51,57)/t27?,29?,30-/m1/s1. The first-order valence-electron chi connectivity index (χ1n) is 19.7. The van der Waals surface area contributed by atoms with Gasteiger partial charge in [0.2, 0.25) is 11.8 Å². The predicted molar refractivity (Wildman–Crippen MR) is 198 cm³/mol. The Bertz CT molecular complexity index is 2120. The SMILES string of the molecule is Cn1nc(Cc2ccccc2)c(C2CC(Cn3nc(Cc4ccccc4)c(C4CCC4)c3NC(=O)C[C@@H]3CC(F)(F)C3(F)F)C2)c1NC(=O)CC1(C(F)(F)F)CC1. The van der Waals surface area contributed by atoms with E-state index in [2.05, 4.69) is 10.6 Å². The molecule has 0 radical (unpaired) electrons. The van der Waals surface area contributed by atoms with Crippen LogP contribution in [-0.4, -0.2) is 49.4 Å². The third-order valence-electron chi connectivity index (χ3n) is 12.6. The predicted octanol–water partition coefficient (Wildman–Crippen LogP) is 9.55. The van der Waals surface area contributed by atoms with Crippen LogP contribution in [0.2, 0.25) is 0 Å². The lowest BCUT2D eigenvalue weighted by molar-refractivity contribution is -0.313. The zero-order valence-corrected chi connectivity index (χ0v) is 31.5. The fourth-order valence-electron chi connectivity index (χ4n) is 8.84. The Balaban J connectivity index is 1.05. The number of aromatic nitrogens is 4. The molecular formula is C42H45F7N6O2. The molecule has 2 heterocycles. The van der Waals surface area contributed by atoms with Gasteiger partial charge in [-0.15, -0.1) is 0 Å². The first-order valence-corrected chi connectivity index (χ1v) is 19.7.